The lowest BCUT2D eigenvalue weighted by atomic mass is 9.87. The molecule has 0 saturated carbocycles. The zero-order chi connectivity index (χ0) is 25.0. The van der Waals surface area contributed by atoms with Crippen molar-refractivity contribution in [1.29, 1.82) is 0 Å². The third-order valence-electron chi connectivity index (χ3n) is 6.49. The average Bonchev–Trinajstić information content (AvgIpc) is 3.47. The fraction of sp³-hybridized carbons (Fsp3) is 0.393. The number of rotatable bonds is 7. The van der Waals surface area contributed by atoms with Gasteiger partial charge in [-0.2, -0.15) is 5.10 Å². The van der Waals surface area contributed by atoms with Gasteiger partial charge < -0.3 is 15.1 Å². The Hall–Kier alpha value is -3.45. The Balaban J connectivity index is 1.39. The first-order valence-corrected chi connectivity index (χ1v) is 12.1. The first-order chi connectivity index (χ1) is 16.8. The summed E-state index contributed by atoms with van der Waals surface area (Å²) in [5.41, 5.74) is 6.23. The number of ether oxygens (including phenoxy) is 1. The zero-order valence-corrected chi connectivity index (χ0v) is 21.4. The molecule has 1 fully saturated rings. The van der Waals surface area contributed by atoms with Crippen molar-refractivity contribution in [1.82, 2.24) is 14.5 Å². The summed E-state index contributed by atoms with van der Waals surface area (Å²) in [6.45, 7) is 11.6. The molecule has 7 heteroatoms. The van der Waals surface area contributed by atoms with Crippen LogP contribution in [-0.4, -0.2) is 52.6 Å². The number of aromatic nitrogens is 2. The van der Waals surface area contributed by atoms with E-state index in [0.29, 0.717) is 5.71 Å². The van der Waals surface area contributed by atoms with Crippen LogP contribution < -0.4 is 10.6 Å². The van der Waals surface area contributed by atoms with E-state index in [4.69, 9.17) is 15.6 Å². The van der Waals surface area contributed by atoms with Crippen molar-refractivity contribution in [3.63, 3.8) is 0 Å². The maximum Gasteiger partial charge on any atom is 0.143 e. The molecule has 1 aromatic heterocycles. The summed E-state index contributed by atoms with van der Waals surface area (Å²) in [5, 5.41) is 3.99. The summed E-state index contributed by atoms with van der Waals surface area (Å²) in [7, 11) is 1.66. The lowest BCUT2D eigenvalue weighted by Crippen LogP contribution is -2.21. The van der Waals surface area contributed by atoms with Crippen molar-refractivity contribution in [3.8, 4) is 11.4 Å². The predicted octanol–water partition coefficient (Wildman–Crippen LogP) is 4.49. The van der Waals surface area contributed by atoms with Gasteiger partial charge in [-0.1, -0.05) is 51.1 Å². The van der Waals surface area contributed by atoms with Crippen LogP contribution in [0, 0.1) is 6.92 Å². The van der Waals surface area contributed by atoms with Gasteiger partial charge in [-0.05, 0) is 42.0 Å². The number of aryl methyl sites for hydroxylation is 1. The van der Waals surface area contributed by atoms with Gasteiger partial charge >= 0.3 is 0 Å². The molecule has 4 rings (SSSR count). The summed E-state index contributed by atoms with van der Waals surface area (Å²) in [5.74, 6) is 6.46. The number of nitrogens with two attached hydrogens (primary N) is 1. The van der Waals surface area contributed by atoms with Gasteiger partial charge in [-0.3, -0.25) is 9.89 Å². The van der Waals surface area contributed by atoms with Gasteiger partial charge in [0.05, 0.1) is 30.9 Å². The van der Waals surface area contributed by atoms with E-state index in [-0.39, 0.29) is 11.5 Å². The Morgan fingerprint density at radius 3 is 2.60 bits per heavy atom. The van der Waals surface area contributed by atoms with Crippen molar-refractivity contribution in [2.24, 2.45) is 15.9 Å². The van der Waals surface area contributed by atoms with Crippen molar-refractivity contribution >= 4 is 11.9 Å². The van der Waals surface area contributed by atoms with E-state index in [1.807, 2.05) is 35.9 Å². The fourth-order valence-corrected chi connectivity index (χ4v) is 4.41. The predicted molar refractivity (Wildman–Crippen MR) is 143 cm³/mol. The molecule has 7 nitrogen and oxygen atoms in total. The number of benzene rings is 2. The molecule has 2 heterocycles. The molecule has 1 aliphatic heterocycles. The van der Waals surface area contributed by atoms with Gasteiger partial charge in [0.2, 0.25) is 0 Å². The second-order valence-corrected chi connectivity index (χ2v) is 10.2. The average molecular weight is 473 g/mol. The highest BCUT2D eigenvalue weighted by molar-refractivity contribution is 6.38. The number of nitrogens with zero attached hydrogens (tertiary/aromatic N) is 5. The molecule has 184 valence electrons. The van der Waals surface area contributed by atoms with Gasteiger partial charge in [0.25, 0.3) is 0 Å². The van der Waals surface area contributed by atoms with Crippen molar-refractivity contribution in [3.05, 3.63) is 77.4 Å². The lowest BCUT2D eigenvalue weighted by molar-refractivity contribution is 0.327. The molecule has 0 bridgehead atoms. The van der Waals surface area contributed by atoms with Gasteiger partial charge in [-0.15, -0.1) is 0 Å². The number of likely N-dealkylation sites (tertiary alicyclic amines) is 1. The van der Waals surface area contributed by atoms with Crippen LogP contribution in [0.25, 0.3) is 5.69 Å². The highest BCUT2D eigenvalue weighted by atomic mass is 16.5. The molecule has 1 atom stereocenters. The number of imidazole rings is 1. The van der Waals surface area contributed by atoms with E-state index >= 15 is 0 Å². The fourth-order valence-electron chi connectivity index (χ4n) is 4.41. The number of hydrogen-bond donors (Lipinski definition) is 1. The quantitative estimate of drug-likeness (QED) is 0.312. The van der Waals surface area contributed by atoms with Gasteiger partial charge in [0.1, 0.15) is 11.5 Å². The summed E-state index contributed by atoms with van der Waals surface area (Å²) < 4.78 is 7.56. The normalized spacial score (nSPS) is 17.4. The first kappa shape index (κ1) is 24.7. The molecule has 2 aromatic carbocycles. The Morgan fingerprint density at radius 1 is 1.20 bits per heavy atom. The minimum absolute atomic E-state index is 0.178. The van der Waals surface area contributed by atoms with Crippen LogP contribution in [-0.2, 0) is 12.0 Å². The molecule has 35 heavy (non-hydrogen) atoms. The Kier molecular flexibility index (Phi) is 7.36. The zero-order valence-electron chi connectivity index (χ0n) is 21.4. The lowest BCUT2D eigenvalue weighted by Gasteiger charge is -2.20. The maximum absolute atomic E-state index is 5.74. The van der Waals surface area contributed by atoms with Crippen molar-refractivity contribution in [2.45, 2.75) is 52.1 Å². The standard InChI is InChI=1S/C28H36N6O/c1-20-16-34(19-31-20)26-11-8-22(14-27(26)35-5)25(32-29)15-30-24-12-13-33(18-24)17-21-6-9-23(10-7-21)28(2,3)4/h6-11,14-16,19,24H,12-13,17-18,29H2,1-5H3/b30-15?,32-25+. The van der Waals surface area contributed by atoms with Crippen LogP contribution in [0.15, 0.2) is 65.1 Å². The molecular formula is C28H36N6O. The molecule has 0 radical (unpaired) electrons. The van der Waals surface area contributed by atoms with E-state index in [0.717, 1.165) is 48.7 Å². The highest BCUT2D eigenvalue weighted by Crippen LogP contribution is 2.25. The van der Waals surface area contributed by atoms with Crippen LogP contribution in [0.1, 0.15) is 49.6 Å². The SMILES string of the molecule is COc1cc(/C(C=NC2CCN(Cc3ccc(C(C)(C)C)cc3)C2)=N/N)ccc1-n1cnc(C)c1. The summed E-state index contributed by atoms with van der Waals surface area (Å²) in [6.07, 6.45) is 6.55. The molecule has 1 saturated heterocycles. The molecule has 0 amide bonds. The molecular weight excluding hydrogens is 436 g/mol. The van der Waals surface area contributed by atoms with Crippen LogP contribution in [0.4, 0.5) is 0 Å². The second-order valence-electron chi connectivity index (χ2n) is 10.2. The number of aliphatic imine (C=N–C) groups is 1. The molecule has 1 aliphatic rings. The Morgan fingerprint density at radius 2 is 1.97 bits per heavy atom. The molecule has 3 aromatic rings. The maximum atomic E-state index is 5.74. The van der Waals surface area contributed by atoms with Gasteiger partial charge in [-0.25, -0.2) is 4.98 Å². The minimum Gasteiger partial charge on any atom is -0.495 e. The van der Waals surface area contributed by atoms with E-state index in [2.05, 4.69) is 60.0 Å². The van der Waals surface area contributed by atoms with Crippen LogP contribution >= 0.6 is 0 Å². The largest absolute Gasteiger partial charge is 0.495 e. The molecule has 0 aliphatic carbocycles. The highest BCUT2D eigenvalue weighted by Gasteiger charge is 2.22. The summed E-state index contributed by atoms with van der Waals surface area (Å²) >= 11 is 0. The first-order valence-electron chi connectivity index (χ1n) is 12.1. The van der Waals surface area contributed by atoms with Crippen molar-refractivity contribution in [2.75, 3.05) is 20.2 Å². The third kappa shape index (κ3) is 5.98. The summed E-state index contributed by atoms with van der Waals surface area (Å²) in [6, 6.07) is 15.1. The smallest absolute Gasteiger partial charge is 0.143 e. The molecule has 1 unspecified atom stereocenters. The topological polar surface area (TPSA) is 81.0 Å². The number of methoxy groups -OCH3 is 1. The Bertz CT molecular complexity index is 1200. The second kappa shape index (κ2) is 10.4. The Labute approximate surface area is 208 Å². The van der Waals surface area contributed by atoms with E-state index in [1.165, 1.54) is 11.1 Å². The van der Waals surface area contributed by atoms with Crippen LogP contribution in [0.3, 0.4) is 0 Å². The minimum atomic E-state index is 0.178. The van der Waals surface area contributed by atoms with Gasteiger partial charge in [0.15, 0.2) is 0 Å². The third-order valence-corrected chi connectivity index (χ3v) is 6.49. The molecule has 2 N–H and O–H groups in total. The van der Waals surface area contributed by atoms with E-state index in [9.17, 15) is 0 Å². The molecule has 0 spiro atoms. The van der Waals surface area contributed by atoms with E-state index < -0.39 is 0 Å². The summed E-state index contributed by atoms with van der Waals surface area (Å²) in [4.78, 5) is 11.6. The number of hydrogen-bond acceptors (Lipinski definition) is 6. The number of hydrazone groups is 1. The van der Waals surface area contributed by atoms with E-state index in [1.54, 1.807) is 19.7 Å². The van der Waals surface area contributed by atoms with Gasteiger partial charge in [0, 0.05) is 37.6 Å². The van der Waals surface area contributed by atoms with Crippen LogP contribution in [0.5, 0.6) is 5.75 Å². The van der Waals surface area contributed by atoms with Crippen LogP contribution in [0.2, 0.25) is 0 Å². The monoisotopic (exact) mass is 472 g/mol. The van der Waals surface area contributed by atoms with Crippen molar-refractivity contribution < 1.29 is 4.74 Å².